The van der Waals surface area contributed by atoms with E-state index in [9.17, 15) is 0 Å². The van der Waals surface area contributed by atoms with Crippen molar-refractivity contribution in [2.45, 2.75) is 19.8 Å². The van der Waals surface area contributed by atoms with Crippen LogP contribution in [0.3, 0.4) is 0 Å². The maximum Gasteiger partial charge on any atom is 0.182 e. The van der Waals surface area contributed by atoms with E-state index >= 15 is 0 Å². The molecule has 0 radical (unpaired) electrons. The lowest BCUT2D eigenvalue weighted by molar-refractivity contribution is 0.258. The van der Waals surface area contributed by atoms with Crippen LogP contribution in [0, 0.1) is 5.41 Å². The van der Waals surface area contributed by atoms with E-state index in [1.165, 1.54) is 0 Å². The first-order chi connectivity index (χ1) is 8.72. The summed E-state index contributed by atoms with van der Waals surface area (Å²) in [4.78, 5) is 18.1. The Bertz CT molecular complexity index is 540. The van der Waals surface area contributed by atoms with E-state index in [0.29, 0.717) is 0 Å². The normalized spacial score (nSPS) is 19.3. The van der Waals surface area contributed by atoms with E-state index in [2.05, 4.69) is 31.8 Å². The van der Waals surface area contributed by atoms with Crippen LogP contribution in [0.2, 0.25) is 0 Å². The summed E-state index contributed by atoms with van der Waals surface area (Å²) in [5.41, 5.74) is 7.76. The molecule has 0 saturated carbocycles. The molecular weight excluding hydrogens is 228 g/mol. The molecule has 1 aliphatic rings. The third-order valence-electron chi connectivity index (χ3n) is 3.97. The van der Waals surface area contributed by atoms with E-state index in [1.807, 2.05) is 0 Å². The number of hydrogen-bond donors (Lipinski definition) is 2. The highest BCUT2D eigenvalue weighted by molar-refractivity contribution is 5.82. The predicted octanol–water partition coefficient (Wildman–Crippen LogP) is 0.918. The summed E-state index contributed by atoms with van der Waals surface area (Å²) in [5, 5.41) is 0. The standard InChI is InChI=1S/C12H18N6/c1-12(6-13)2-4-18(5-3-12)11-9-10(15-7-14-9)16-8-17-11/h7-8H,2-6,13H2,1H3,(H,14,15,16,17). The van der Waals surface area contributed by atoms with Crippen molar-refractivity contribution >= 4 is 17.0 Å². The lowest BCUT2D eigenvalue weighted by Gasteiger charge is -2.39. The van der Waals surface area contributed by atoms with Crippen LogP contribution in [0.1, 0.15) is 19.8 Å². The van der Waals surface area contributed by atoms with E-state index in [0.717, 1.165) is 49.5 Å². The number of piperidine rings is 1. The van der Waals surface area contributed by atoms with Gasteiger partial charge in [0, 0.05) is 13.1 Å². The van der Waals surface area contributed by atoms with Crippen molar-refractivity contribution < 1.29 is 0 Å². The summed E-state index contributed by atoms with van der Waals surface area (Å²) < 4.78 is 0. The van der Waals surface area contributed by atoms with Gasteiger partial charge in [-0.2, -0.15) is 0 Å². The molecule has 0 unspecified atom stereocenters. The molecule has 0 amide bonds. The number of nitrogens with zero attached hydrogens (tertiary/aromatic N) is 4. The number of nitrogens with two attached hydrogens (primary N) is 1. The maximum absolute atomic E-state index is 5.84. The number of anilines is 1. The van der Waals surface area contributed by atoms with Gasteiger partial charge in [-0.3, -0.25) is 0 Å². The van der Waals surface area contributed by atoms with Crippen LogP contribution in [-0.4, -0.2) is 39.6 Å². The van der Waals surface area contributed by atoms with Crippen LogP contribution in [0.5, 0.6) is 0 Å². The topological polar surface area (TPSA) is 83.7 Å². The molecule has 0 atom stereocenters. The second-order valence-electron chi connectivity index (χ2n) is 5.30. The molecule has 3 N–H and O–H groups in total. The molecule has 2 aromatic rings. The number of rotatable bonds is 2. The predicted molar refractivity (Wildman–Crippen MR) is 70.3 cm³/mol. The number of fused-ring (bicyclic) bond motifs is 1. The Hall–Kier alpha value is -1.69. The highest BCUT2D eigenvalue weighted by Gasteiger charge is 2.29. The fourth-order valence-electron chi connectivity index (χ4n) is 2.45. The summed E-state index contributed by atoms with van der Waals surface area (Å²) in [5.74, 6) is 0.955. The van der Waals surface area contributed by atoms with Gasteiger partial charge in [0.2, 0.25) is 0 Å². The fourth-order valence-corrected chi connectivity index (χ4v) is 2.45. The number of H-pyrrole nitrogens is 1. The lowest BCUT2D eigenvalue weighted by Crippen LogP contribution is -2.42. The zero-order valence-corrected chi connectivity index (χ0v) is 10.6. The van der Waals surface area contributed by atoms with Gasteiger partial charge < -0.3 is 15.6 Å². The third kappa shape index (κ3) is 1.82. The Labute approximate surface area is 106 Å². The smallest absolute Gasteiger partial charge is 0.182 e. The second-order valence-corrected chi connectivity index (χ2v) is 5.30. The van der Waals surface area contributed by atoms with Gasteiger partial charge in [0.25, 0.3) is 0 Å². The zero-order valence-electron chi connectivity index (χ0n) is 10.6. The average molecular weight is 246 g/mol. The first kappa shape index (κ1) is 11.4. The van der Waals surface area contributed by atoms with E-state index in [4.69, 9.17) is 5.73 Å². The number of aromatic amines is 1. The van der Waals surface area contributed by atoms with Gasteiger partial charge in [-0.1, -0.05) is 6.92 Å². The monoisotopic (exact) mass is 246 g/mol. The molecule has 96 valence electrons. The first-order valence-electron chi connectivity index (χ1n) is 6.31. The van der Waals surface area contributed by atoms with Crippen LogP contribution < -0.4 is 10.6 Å². The van der Waals surface area contributed by atoms with Crippen LogP contribution in [0.15, 0.2) is 12.7 Å². The maximum atomic E-state index is 5.84. The van der Waals surface area contributed by atoms with Crippen LogP contribution in [-0.2, 0) is 0 Å². The molecule has 6 nitrogen and oxygen atoms in total. The van der Waals surface area contributed by atoms with Crippen LogP contribution in [0.25, 0.3) is 11.2 Å². The highest BCUT2D eigenvalue weighted by atomic mass is 15.2. The Morgan fingerprint density at radius 1 is 1.33 bits per heavy atom. The molecule has 0 spiro atoms. The summed E-state index contributed by atoms with van der Waals surface area (Å²) in [7, 11) is 0. The summed E-state index contributed by atoms with van der Waals surface area (Å²) in [6.07, 6.45) is 5.44. The third-order valence-corrected chi connectivity index (χ3v) is 3.97. The largest absolute Gasteiger partial charge is 0.355 e. The van der Waals surface area contributed by atoms with Crippen molar-refractivity contribution in [3.05, 3.63) is 12.7 Å². The van der Waals surface area contributed by atoms with Crippen molar-refractivity contribution in [2.24, 2.45) is 11.1 Å². The fraction of sp³-hybridized carbons (Fsp3) is 0.583. The molecule has 1 fully saturated rings. The quantitative estimate of drug-likeness (QED) is 0.823. The van der Waals surface area contributed by atoms with Crippen LogP contribution in [0.4, 0.5) is 5.82 Å². The lowest BCUT2D eigenvalue weighted by atomic mass is 9.80. The van der Waals surface area contributed by atoms with E-state index in [1.54, 1.807) is 12.7 Å². The highest BCUT2D eigenvalue weighted by Crippen LogP contribution is 2.32. The Balaban J connectivity index is 1.86. The van der Waals surface area contributed by atoms with Crippen molar-refractivity contribution in [2.75, 3.05) is 24.5 Å². The van der Waals surface area contributed by atoms with Crippen molar-refractivity contribution in [1.29, 1.82) is 0 Å². The zero-order chi connectivity index (χ0) is 12.6. The number of hydrogen-bond acceptors (Lipinski definition) is 5. The van der Waals surface area contributed by atoms with Gasteiger partial charge in [-0.25, -0.2) is 15.0 Å². The van der Waals surface area contributed by atoms with Crippen molar-refractivity contribution in [3.8, 4) is 0 Å². The van der Waals surface area contributed by atoms with E-state index in [-0.39, 0.29) is 5.41 Å². The molecule has 0 bridgehead atoms. The molecule has 6 heteroatoms. The molecule has 3 heterocycles. The van der Waals surface area contributed by atoms with Gasteiger partial charge in [-0.15, -0.1) is 0 Å². The van der Waals surface area contributed by atoms with Gasteiger partial charge in [0.1, 0.15) is 11.8 Å². The molecule has 0 aromatic carbocycles. The molecular formula is C12H18N6. The second kappa shape index (κ2) is 4.20. The summed E-state index contributed by atoms with van der Waals surface area (Å²) >= 11 is 0. The summed E-state index contributed by atoms with van der Waals surface area (Å²) in [6, 6.07) is 0. The molecule has 2 aromatic heterocycles. The first-order valence-corrected chi connectivity index (χ1v) is 6.31. The van der Waals surface area contributed by atoms with Crippen LogP contribution >= 0.6 is 0 Å². The van der Waals surface area contributed by atoms with Gasteiger partial charge in [-0.05, 0) is 24.8 Å². The van der Waals surface area contributed by atoms with Gasteiger partial charge in [0.15, 0.2) is 11.5 Å². The number of imidazole rings is 1. The molecule has 1 saturated heterocycles. The molecule has 1 aliphatic heterocycles. The Kier molecular flexibility index (Phi) is 2.66. The molecule has 0 aliphatic carbocycles. The SMILES string of the molecule is CC1(CN)CCN(c2ncnc3nc[nH]c23)CC1. The van der Waals surface area contributed by atoms with Crippen molar-refractivity contribution in [1.82, 2.24) is 19.9 Å². The number of aromatic nitrogens is 4. The number of nitrogens with one attached hydrogen (secondary N) is 1. The molecule has 3 rings (SSSR count). The van der Waals surface area contributed by atoms with Gasteiger partial charge >= 0.3 is 0 Å². The minimum absolute atomic E-state index is 0.274. The van der Waals surface area contributed by atoms with E-state index < -0.39 is 0 Å². The molecule has 18 heavy (non-hydrogen) atoms. The summed E-state index contributed by atoms with van der Waals surface area (Å²) in [6.45, 7) is 4.98. The minimum atomic E-state index is 0.274. The Morgan fingerprint density at radius 3 is 2.83 bits per heavy atom. The average Bonchev–Trinajstić information content (AvgIpc) is 2.88. The minimum Gasteiger partial charge on any atom is -0.355 e. The van der Waals surface area contributed by atoms with Gasteiger partial charge in [0.05, 0.1) is 6.33 Å². The Morgan fingerprint density at radius 2 is 2.11 bits per heavy atom. The van der Waals surface area contributed by atoms with Crippen molar-refractivity contribution in [3.63, 3.8) is 0 Å².